The molecule has 1 saturated heterocycles. The summed E-state index contributed by atoms with van der Waals surface area (Å²) in [6.07, 6.45) is 7.94. The van der Waals surface area contributed by atoms with Crippen molar-refractivity contribution in [2.75, 3.05) is 31.6 Å². The second-order valence-corrected chi connectivity index (χ2v) is 7.72. The molecular weight excluding hydrogens is 302 g/mol. The summed E-state index contributed by atoms with van der Waals surface area (Å²) in [5.74, 6) is 5.40. The smallest absolute Gasteiger partial charge is 0.255 e. The molecule has 1 aliphatic heterocycles. The van der Waals surface area contributed by atoms with Gasteiger partial charge < -0.3 is 15.3 Å². The average Bonchev–Trinajstić information content (AvgIpc) is 3.32. The Kier molecular flexibility index (Phi) is 3.20. The van der Waals surface area contributed by atoms with Gasteiger partial charge in [0.25, 0.3) is 5.91 Å². The Balaban J connectivity index is 1.29. The highest BCUT2D eigenvalue weighted by atomic mass is 16.3. The molecule has 4 aliphatic carbocycles. The Morgan fingerprint density at radius 1 is 1.17 bits per heavy atom. The first kappa shape index (κ1) is 14.5. The molecule has 126 valence electrons. The van der Waals surface area contributed by atoms with Gasteiger partial charge in [0, 0.05) is 25.8 Å². The van der Waals surface area contributed by atoms with Crippen molar-refractivity contribution >= 4 is 11.7 Å². The molecule has 3 fully saturated rings. The van der Waals surface area contributed by atoms with Crippen molar-refractivity contribution < 1.29 is 9.90 Å². The Hall–Kier alpha value is -1.88. The number of carbonyl (C=O) groups excluding carboxylic acids is 1. The van der Waals surface area contributed by atoms with Crippen LogP contribution in [-0.4, -0.2) is 47.1 Å². The summed E-state index contributed by atoms with van der Waals surface area (Å²) < 4.78 is 0. The number of hydrogen-bond donors (Lipinski definition) is 2. The molecule has 24 heavy (non-hydrogen) atoms. The lowest BCUT2D eigenvalue weighted by Gasteiger charge is -2.40. The lowest BCUT2D eigenvalue weighted by Crippen LogP contribution is -2.37. The van der Waals surface area contributed by atoms with E-state index in [4.69, 9.17) is 5.11 Å². The zero-order chi connectivity index (χ0) is 16.3. The largest absolute Gasteiger partial charge is 0.395 e. The number of aliphatic hydroxyl groups excluding tert-OH is 1. The van der Waals surface area contributed by atoms with Gasteiger partial charge in [-0.2, -0.15) is 0 Å². The van der Waals surface area contributed by atoms with Gasteiger partial charge in [0.2, 0.25) is 0 Å². The highest BCUT2D eigenvalue weighted by molar-refractivity contribution is 5.94. The summed E-state index contributed by atoms with van der Waals surface area (Å²) in [4.78, 5) is 19.2. The Morgan fingerprint density at radius 2 is 1.88 bits per heavy atom. The van der Waals surface area contributed by atoms with Crippen LogP contribution < -0.4 is 5.32 Å². The maximum absolute atomic E-state index is 12.8. The molecule has 2 N–H and O–H groups in total. The minimum Gasteiger partial charge on any atom is -0.395 e. The fraction of sp³-hybridized carbons (Fsp3) is 0.579. The first-order chi connectivity index (χ1) is 11.8. The van der Waals surface area contributed by atoms with E-state index in [9.17, 15) is 4.79 Å². The van der Waals surface area contributed by atoms with E-state index in [-0.39, 0.29) is 12.5 Å². The molecule has 0 aromatic carbocycles. The van der Waals surface area contributed by atoms with Gasteiger partial charge in [-0.25, -0.2) is 4.98 Å². The zero-order valence-electron chi connectivity index (χ0n) is 13.6. The maximum atomic E-state index is 12.8. The Bertz CT molecular complexity index is 660. The van der Waals surface area contributed by atoms with E-state index in [0.717, 1.165) is 24.9 Å². The van der Waals surface area contributed by atoms with Crippen LogP contribution in [0, 0.1) is 35.5 Å². The highest BCUT2D eigenvalue weighted by Gasteiger charge is 2.61. The molecule has 5 heteroatoms. The number of amides is 1. The predicted octanol–water partition coefficient (Wildman–Crippen LogP) is 1.63. The van der Waals surface area contributed by atoms with E-state index in [2.05, 4.69) is 22.5 Å². The number of rotatable bonds is 4. The minimum atomic E-state index is 0.0667. The molecule has 2 heterocycles. The molecule has 1 amide bonds. The molecule has 1 unspecified atom stereocenters. The number of anilines is 1. The third kappa shape index (κ3) is 2.10. The number of aromatic nitrogens is 1. The second kappa shape index (κ2) is 5.31. The van der Waals surface area contributed by atoms with Gasteiger partial charge in [0.05, 0.1) is 12.2 Å². The molecule has 1 aromatic rings. The summed E-state index contributed by atoms with van der Waals surface area (Å²) in [5.41, 5.74) is 0.661. The van der Waals surface area contributed by atoms with Crippen LogP contribution >= 0.6 is 0 Å². The van der Waals surface area contributed by atoms with E-state index in [0.29, 0.717) is 41.6 Å². The van der Waals surface area contributed by atoms with E-state index in [1.807, 2.05) is 17.0 Å². The fourth-order valence-electron chi connectivity index (χ4n) is 5.41. The average molecular weight is 325 g/mol. The van der Waals surface area contributed by atoms with Crippen LogP contribution in [0.4, 0.5) is 5.82 Å². The van der Waals surface area contributed by atoms with Crippen LogP contribution in [-0.2, 0) is 0 Å². The fourth-order valence-corrected chi connectivity index (χ4v) is 5.41. The van der Waals surface area contributed by atoms with Crippen molar-refractivity contribution in [2.24, 2.45) is 35.5 Å². The summed E-state index contributed by atoms with van der Waals surface area (Å²) in [6.45, 7) is 2.34. The summed E-state index contributed by atoms with van der Waals surface area (Å²) in [7, 11) is 0. The van der Waals surface area contributed by atoms with Gasteiger partial charge >= 0.3 is 0 Å². The van der Waals surface area contributed by atoms with Gasteiger partial charge in [0.15, 0.2) is 0 Å². The summed E-state index contributed by atoms with van der Waals surface area (Å²) >= 11 is 0. The molecule has 6 atom stereocenters. The molecule has 2 saturated carbocycles. The van der Waals surface area contributed by atoms with Gasteiger partial charge in [-0.3, -0.25) is 4.79 Å². The highest BCUT2D eigenvalue weighted by Crippen LogP contribution is 2.64. The molecule has 0 radical (unpaired) electrons. The monoisotopic (exact) mass is 325 g/mol. The van der Waals surface area contributed by atoms with Gasteiger partial charge in [-0.15, -0.1) is 0 Å². The first-order valence-corrected chi connectivity index (χ1v) is 9.04. The van der Waals surface area contributed by atoms with Gasteiger partial charge in [0.1, 0.15) is 5.82 Å². The number of carbonyl (C=O) groups is 1. The first-order valence-electron chi connectivity index (χ1n) is 9.04. The van der Waals surface area contributed by atoms with Crippen molar-refractivity contribution in [3.63, 3.8) is 0 Å². The van der Waals surface area contributed by atoms with E-state index in [1.54, 1.807) is 6.20 Å². The van der Waals surface area contributed by atoms with E-state index >= 15 is 0 Å². The maximum Gasteiger partial charge on any atom is 0.255 e. The van der Waals surface area contributed by atoms with E-state index in [1.165, 1.54) is 6.42 Å². The third-order valence-electron chi connectivity index (χ3n) is 6.55. The van der Waals surface area contributed by atoms with Crippen molar-refractivity contribution in [3.05, 3.63) is 36.0 Å². The topological polar surface area (TPSA) is 65.5 Å². The number of allylic oxidation sites excluding steroid dienone is 2. The van der Waals surface area contributed by atoms with Crippen molar-refractivity contribution in [2.45, 2.75) is 6.42 Å². The molecule has 5 nitrogen and oxygen atoms in total. The number of aliphatic hydroxyl groups is 1. The molecule has 1 aromatic heterocycles. The summed E-state index contributed by atoms with van der Waals surface area (Å²) in [6, 6.07) is 3.65. The van der Waals surface area contributed by atoms with Crippen LogP contribution in [0.1, 0.15) is 16.8 Å². The number of nitrogens with one attached hydrogen (secondary N) is 1. The lowest BCUT2D eigenvalue weighted by molar-refractivity contribution is 0.0781. The van der Waals surface area contributed by atoms with Crippen molar-refractivity contribution in [1.29, 1.82) is 0 Å². The normalized spacial score (nSPS) is 38.0. The molecule has 0 spiro atoms. The Morgan fingerprint density at radius 3 is 2.46 bits per heavy atom. The number of pyridine rings is 1. The molecule has 5 aliphatic rings. The van der Waals surface area contributed by atoms with Crippen LogP contribution in [0.25, 0.3) is 0 Å². The second-order valence-electron chi connectivity index (χ2n) is 7.72. The molecular formula is C19H23N3O2. The van der Waals surface area contributed by atoms with Gasteiger partial charge in [-0.05, 0) is 54.1 Å². The third-order valence-corrected chi connectivity index (χ3v) is 6.55. The molecule has 2 bridgehead atoms. The number of nitrogens with zero attached hydrogens (tertiary/aromatic N) is 2. The van der Waals surface area contributed by atoms with Gasteiger partial charge in [-0.1, -0.05) is 12.2 Å². The number of likely N-dealkylation sites (tertiary alicyclic amines) is 1. The summed E-state index contributed by atoms with van der Waals surface area (Å²) in [5, 5.41) is 11.8. The van der Waals surface area contributed by atoms with Crippen LogP contribution in [0.5, 0.6) is 0 Å². The molecule has 6 rings (SSSR count). The van der Waals surface area contributed by atoms with Crippen LogP contribution in [0.15, 0.2) is 30.5 Å². The van der Waals surface area contributed by atoms with Crippen LogP contribution in [0.3, 0.4) is 0 Å². The standard InChI is InChI=1S/C19H23N3O2/c23-6-5-20-18-4-1-11(8-21-18)19(24)22-9-16-12-2-3-13(17(16)10-22)15-7-14(12)15/h1-4,8,12-17,23H,5-7,9-10H2,(H,20,21)/t12-,13+,14+,15-,16-,17?/m0/s1. The lowest BCUT2D eigenvalue weighted by atomic mass is 9.64. The van der Waals surface area contributed by atoms with E-state index < -0.39 is 0 Å². The Labute approximate surface area is 141 Å². The van der Waals surface area contributed by atoms with Crippen molar-refractivity contribution in [1.82, 2.24) is 9.88 Å². The quantitative estimate of drug-likeness (QED) is 0.826. The zero-order valence-corrected chi connectivity index (χ0v) is 13.6. The predicted molar refractivity (Wildman–Crippen MR) is 90.4 cm³/mol. The minimum absolute atomic E-state index is 0.0667. The van der Waals surface area contributed by atoms with Crippen LogP contribution in [0.2, 0.25) is 0 Å². The van der Waals surface area contributed by atoms with Crippen molar-refractivity contribution in [3.8, 4) is 0 Å². The SMILES string of the molecule is O=C(c1ccc(NCCO)nc1)N1CC2[C@@H](C1)[C@H]1C=C[C@@H]2[C@@H]2C[C@H]12. The number of hydrogen-bond acceptors (Lipinski definition) is 4.